The maximum absolute atomic E-state index is 8.92. The van der Waals surface area contributed by atoms with Crippen LogP contribution in [0.2, 0.25) is 0 Å². The number of aliphatic hydroxyl groups is 2. The number of ether oxygens (including phenoxy) is 1. The Kier molecular flexibility index (Phi) is 8.97. The quantitative estimate of drug-likeness (QED) is 0.570. The topological polar surface area (TPSA) is 49.7 Å². The van der Waals surface area contributed by atoms with E-state index in [1.54, 1.807) is 11.8 Å². The Morgan fingerprint density at radius 2 is 2.20 bits per heavy atom. The lowest BCUT2D eigenvalue weighted by Gasteiger charge is -2.08. The smallest absolute Gasteiger partial charge is 0.120 e. The van der Waals surface area contributed by atoms with Crippen molar-refractivity contribution in [2.75, 3.05) is 31.3 Å². The summed E-state index contributed by atoms with van der Waals surface area (Å²) in [5, 5.41) is 17.6. The van der Waals surface area contributed by atoms with Crippen LogP contribution in [0.5, 0.6) is 5.75 Å². The third-order valence-corrected chi connectivity index (χ3v) is 3.77. The summed E-state index contributed by atoms with van der Waals surface area (Å²) in [6, 6.07) is 7.66. The van der Waals surface area contributed by atoms with Gasteiger partial charge in [-0.1, -0.05) is 24.8 Å². The van der Waals surface area contributed by atoms with Crippen molar-refractivity contribution in [1.29, 1.82) is 0 Å². The van der Waals surface area contributed by atoms with Gasteiger partial charge in [0.1, 0.15) is 5.75 Å². The Labute approximate surface area is 125 Å². The highest BCUT2D eigenvalue weighted by Gasteiger charge is 2.00. The summed E-state index contributed by atoms with van der Waals surface area (Å²) in [4.78, 5) is 0. The van der Waals surface area contributed by atoms with Crippen LogP contribution in [0.1, 0.15) is 18.9 Å². The lowest BCUT2D eigenvalue weighted by molar-refractivity contribution is 0.250. The normalized spacial score (nSPS) is 11.6. The van der Waals surface area contributed by atoms with Gasteiger partial charge in [-0.15, -0.1) is 0 Å². The van der Waals surface area contributed by atoms with Gasteiger partial charge >= 0.3 is 0 Å². The van der Waals surface area contributed by atoms with E-state index in [-0.39, 0.29) is 13.2 Å². The number of aliphatic hydroxyl groups excluding tert-OH is 2. The molecule has 0 aliphatic rings. The molecule has 1 atom stereocenters. The summed E-state index contributed by atoms with van der Waals surface area (Å²) in [5.74, 6) is 8.89. The highest BCUT2D eigenvalue weighted by Crippen LogP contribution is 2.14. The summed E-state index contributed by atoms with van der Waals surface area (Å²) < 4.78 is 5.67. The fourth-order valence-corrected chi connectivity index (χ4v) is 2.32. The third kappa shape index (κ3) is 7.44. The van der Waals surface area contributed by atoms with Crippen molar-refractivity contribution in [3.05, 3.63) is 29.8 Å². The first kappa shape index (κ1) is 16.9. The van der Waals surface area contributed by atoms with E-state index >= 15 is 0 Å². The molecule has 20 heavy (non-hydrogen) atoms. The van der Waals surface area contributed by atoms with Crippen LogP contribution in [-0.2, 0) is 0 Å². The summed E-state index contributed by atoms with van der Waals surface area (Å²) in [6.07, 6.45) is 0.491. The predicted molar refractivity (Wildman–Crippen MR) is 84.1 cm³/mol. The van der Waals surface area contributed by atoms with Gasteiger partial charge in [0.2, 0.25) is 0 Å². The van der Waals surface area contributed by atoms with Gasteiger partial charge in [-0.05, 0) is 29.9 Å². The molecule has 0 spiro atoms. The molecule has 3 nitrogen and oxygen atoms in total. The summed E-state index contributed by atoms with van der Waals surface area (Å²) in [5.41, 5.74) is 0.900. The van der Waals surface area contributed by atoms with E-state index in [1.165, 1.54) is 0 Å². The van der Waals surface area contributed by atoms with Crippen LogP contribution < -0.4 is 4.74 Å². The second kappa shape index (κ2) is 10.6. The first-order valence-electron chi connectivity index (χ1n) is 6.77. The van der Waals surface area contributed by atoms with Gasteiger partial charge in [0.15, 0.2) is 0 Å². The van der Waals surface area contributed by atoms with E-state index in [4.69, 9.17) is 14.9 Å². The Bertz CT molecular complexity index is 437. The number of thioether (sulfide) groups is 1. The zero-order chi connectivity index (χ0) is 14.6. The number of benzene rings is 1. The summed E-state index contributed by atoms with van der Waals surface area (Å²) in [7, 11) is 0. The number of rotatable bonds is 8. The molecule has 0 saturated carbocycles. The van der Waals surface area contributed by atoms with Gasteiger partial charge in [0, 0.05) is 24.3 Å². The molecule has 0 saturated heterocycles. The Morgan fingerprint density at radius 1 is 1.35 bits per heavy atom. The molecule has 0 amide bonds. The summed E-state index contributed by atoms with van der Waals surface area (Å²) >= 11 is 1.79. The minimum Gasteiger partial charge on any atom is -0.493 e. The molecule has 0 bridgehead atoms. The van der Waals surface area contributed by atoms with Crippen molar-refractivity contribution in [2.24, 2.45) is 5.92 Å². The van der Waals surface area contributed by atoms with Crippen LogP contribution in [0.25, 0.3) is 0 Å². The maximum Gasteiger partial charge on any atom is 0.120 e. The van der Waals surface area contributed by atoms with Gasteiger partial charge < -0.3 is 14.9 Å². The molecule has 0 heterocycles. The van der Waals surface area contributed by atoms with E-state index in [9.17, 15) is 0 Å². The Balaban J connectivity index is 2.30. The molecule has 0 radical (unpaired) electrons. The molecule has 1 aromatic rings. The van der Waals surface area contributed by atoms with Crippen LogP contribution in [0.15, 0.2) is 24.3 Å². The van der Waals surface area contributed by atoms with Crippen LogP contribution in [0.4, 0.5) is 0 Å². The van der Waals surface area contributed by atoms with Gasteiger partial charge in [-0.2, -0.15) is 11.8 Å². The summed E-state index contributed by atoms with van der Waals surface area (Å²) in [6.45, 7) is 3.01. The average Bonchev–Trinajstić information content (AvgIpc) is 2.47. The molecule has 1 rings (SSSR count). The monoisotopic (exact) mass is 294 g/mol. The molecule has 2 N–H and O–H groups in total. The second-order valence-electron chi connectivity index (χ2n) is 4.51. The van der Waals surface area contributed by atoms with Gasteiger partial charge in [-0.3, -0.25) is 0 Å². The minimum absolute atomic E-state index is 0.0900. The second-order valence-corrected chi connectivity index (χ2v) is 5.66. The lowest BCUT2D eigenvalue weighted by Crippen LogP contribution is -2.06. The molecule has 0 aliphatic heterocycles. The lowest BCUT2D eigenvalue weighted by atomic mass is 10.2. The Morgan fingerprint density at radius 3 is 2.95 bits per heavy atom. The molecule has 4 heteroatoms. The van der Waals surface area contributed by atoms with Crippen LogP contribution in [0.3, 0.4) is 0 Å². The molecule has 0 fully saturated rings. The van der Waals surface area contributed by atoms with Crippen molar-refractivity contribution in [3.63, 3.8) is 0 Å². The molecular formula is C16H22O3S. The number of hydrogen-bond acceptors (Lipinski definition) is 4. The fourth-order valence-electron chi connectivity index (χ4n) is 1.44. The Hall–Kier alpha value is -1.15. The first-order chi connectivity index (χ1) is 9.76. The van der Waals surface area contributed by atoms with Crippen LogP contribution >= 0.6 is 11.8 Å². The molecule has 110 valence electrons. The van der Waals surface area contributed by atoms with Crippen molar-refractivity contribution < 1.29 is 14.9 Å². The third-order valence-electron chi connectivity index (χ3n) is 2.51. The van der Waals surface area contributed by atoms with Crippen LogP contribution in [-0.4, -0.2) is 41.5 Å². The van der Waals surface area contributed by atoms with Crippen molar-refractivity contribution in [3.8, 4) is 17.6 Å². The van der Waals surface area contributed by atoms with Gasteiger partial charge in [-0.25, -0.2) is 0 Å². The number of hydrogen-bond donors (Lipinski definition) is 2. The van der Waals surface area contributed by atoms with E-state index in [0.717, 1.165) is 22.8 Å². The molecule has 0 aliphatic carbocycles. The van der Waals surface area contributed by atoms with E-state index in [2.05, 4.69) is 11.8 Å². The molecule has 1 aromatic carbocycles. The van der Waals surface area contributed by atoms with Crippen molar-refractivity contribution in [2.45, 2.75) is 13.3 Å². The fraction of sp³-hybridized carbons (Fsp3) is 0.500. The van der Waals surface area contributed by atoms with Crippen molar-refractivity contribution in [1.82, 2.24) is 0 Å². The highest BCUT2D eigenvalue weighted by molar-refractivity contribution is 7.99. The molecular weight excluding hydrogens is 272 g/mol. The van der Waals surface area contributed by atoms with Gasteiger partial charge in [0.25, 0.3) is 0 Å². The van der Waals surface area contributed by atoms with E-state index in [1.807, 2.05) is 31.2 Å². The van der Waals surface area contributed by atoms with Gasteiger partial charge in [0.05, 0.1) is 13.2 Å². The zero-order valence-electron chi connectivity index (χ0n) is 11.8. The average molecular weight is 294 g/mol. The standard InChI is InChI=1S/C16H22O3S/c1-14(12-18)13-20-10-9-19-16-7-4-6-15(11-16)5-2-3-8-17/h4,6-7,11,14,17-18H,3,8-10,12-13H2,1H3. The van der Waals surface area contributed by atoms with Crippen LogP contribution in [0, 0.1) is 17.8 Å². The first-order valence-corrected chi connectivity index (χ1v) is 7.93. The zero-order valence-corrected chi connectivity index (χ0v) is 12.7. The predicted octanol–water partition coefficient (Wildman–Crippen LogP) is 2.16. The molecule has 1 unspecified atom stereocenters. The SMILES string of the molecule is CC(CO)CSCCOc1cccc(C#CCCO)c1. The largest absolute Gasteiger partial charge is 0.493 e. The minimum atomic E-state index is 0.0900. The van der Waals surface area contributed by atoms with Crippen molar-refractivity contribution >= 4 is 11.8 Å². The maximum atomic E-state index is 8.92. The molecule has 0 aromatic heterocycles. The van der Waals surface area contributed by atoms with E-state index in [0.29, 0.717) is 18.9 Å². The van der Waals surface area contributed by atoms with E-state index < -0.39 is 0 Å². The highest BCUT2D eigenvalue weighted by atomic mass is 32.2.